The molecule has 0 aliphatic carbocycles. The van der Waals surface area contributed by atoms with Crippen LogP contribution in [0.15, 0.2) is 36.4 Å². The minimum atomic E-state index is -1.96. The Labute approximate surface area is 200 Å². The second-order valence-corrected chi connectivity index (χ2v) is 8.79. The molecule has 162 valence electrons. The molecule has 0 aliphatic rings. The van der Waals surface area contributed by atoms with Crippen LogP contribution >= 0.6 is 62.3 Å². The van der Waals surface area contributed by atoms with Crippen LogP contribution in [0.2, 0.25) is 20.1 Å². The van der Waals surface area contributed by atoms with E-state index in [2.05, 4.69) is 15.9 Å². The summed E-state index contributed by atoms with van der Waals surface area (Å²) in [6.45, 7) is -1.31. The monoisotopic (exact) mass is 560 g/mol. The highest BCUT2D eigenvalue weighted by Crippen LogP contribution is 2.25. The number of rotatable bonds is 8. The van der Waals surface area contributed by atoms with Crippen molar-refractivity contribution >= 4 is 74.3 Å². The van der Waals surface area contributed by atoms with E-state index in [1.54, 1.807) is 0 Å². The standard InChI is InChI=1S/C19H14BrCl4FO5/c20-13(8-29-18(27)11-3-1-9(21)5-14(11)23)17(16(25)7-26)30-19(28)12-4-2-10(22)6-15(12)24/h1-6,13,16-17,26H,7-8H2/t13-,16-,17+/m0/s1. The number of aliphatic hydroxyl groups is 1. The molecule has 2 aromatic rings. The van der Waals surface area contributed by atoms with Crippen molar-refractivity contribution in [3.05, 3.63) is 67.6 Å². The lowest BCUT2D eigenvalue weighted by atomic mass is 10.1. The maximum absolute atomic E-state index is 14.3. The Morgan fingerprint density at radius 3 is 1.93 bits per heavy atom. The van der Waals surface area contributed by atoms with E-state index in [9.17, 15) is 19.1 Å². The molecule has 30 heavy (non-hydrogen) atoms. The fourth-order valence-corrected chi connectivity index (χ4v) is 3.85. The minimum Gasteiger partial charge on any atom is -0.461 e. The van der Waals surface area contributed by atoms with Crippen molar-refractivity contribution in [3.8, 4) is 0 Å². The molecule has 0 saturated heterocycles. The molecule has 5 nitrogen and oxygen atoms in total. The topological polar surface area (TPSA) is 72.8 Å². The zero-order valence-electron chi connectivity index (χ0n) is 15.0. The maximum Gasteiger partial charge on any atom is 0.340 e. The summed E-state index contributed by atoms with van der Waals surface area (Å²) in [4.78, 5) is 23.6. The number of hydrogen-bond acceptors (Lipinski definition) is 5. The zero-order chi connectivity index (χ0) is 22.4. The zero-order valence-corrected chi connectivity index (χ0v) is 19.6. The predicted molar refractivity (Wildman–Crippen MR) is 117 cm³/mol. The van der Waals surface area contributed by atoms with Crippen LogP contribution in [-0.4, -0.2) is 47.4 Å². The highest BCUT2D eigenvalue weighted by molar-refractivity contribution is 9.09. The van der Waals surface area contributed by atoms with E-state index in [0.29, 0.717) is 10.0 Å². The van der Waals surface area contributed by atoms with Gasteiger partial charge in [-0.05, 0) is 36.4 Å². The summed E-state index contributed by atoms with van der Waals surface area (Å²) in [5.41, 5.74) is 0.0158. The lowest BCUT2D eigenvalue weighted by Gasteiger charge is -2.25. The van der Waals surface area contributed by atoms with Crippen molar-refractivity contribution in [2.24, 2.45) is 0 Å². The van der Waals surface area contributed by atoms with Crippen LogP contribution in [0.25, 0.3) is 0 Å². The van der Waals surface area contributed by atoms with Gasteiger partial charge in [-0.3, -0.25) is 0 Å². The molecule has 0 aromatic heterocycles. The number of ether oxygens (including phenoxy) is 2. The highest BCUT2D eigenvalue weighted by atomic mass is 79.9. The number of halogens is 6. The van der Waals surface area contributed by atoms with Gasteiger partial charge in [0.25, 0.3) is 0 Å². The van der Waals surface area contributed by atoms with Crippen LogP contribution in [0.5, 0.6) is 0 Å². The van der Waals surface area contributed by atoms with Crippen LogP contribution in [-0.2, 0) is 9.47 Å². The average molecular weight is 563 g/mol. The van der Waals surface area contributed by atoms with Gasteiger partial charge in [0.05, 0.1) is 32.6 Å². The molecule has 0 radical (unpaired) electrons. The Morgan fingerprint density at radius 2 is 1.47 bits per heavy atom. The van der Waals surface area contributed by atoms with Gasteiger partial charge >= 0.3 is 11.9 Å². The molecular formula is C19H14BrCl4FO5. The van der Waals surface area contributed by atoms with Gasteiger partial charge in [-0.15, -0.1) is 0 Å². The van der Waals surface area contributed by atoms with E-state index in [1.807, 2.05) is 0 Å². The molecule has 1 N–H and O–H groups in total. The minimum absolute atomic E-state index is 0.0144. The number of carbonyl (C=O) groups excluding carboxylic acids is 2. The number of esters is 2. The third-order valence-electron chi connectivity index (χ3n) is 3.81. The maximum atomic E-state index is 14.3. The quantitative estimate of drug-likeness (QED) is 0.326. The third-order valence-corrected chi connectivity index (χ3v) is 5.69. The number of carbonyl (C=O) groups is 2. The Kier molecular flexibility index (Phi) is 9.66. The van der Waals surface area contributed by atoms with E-state index < -0.39 is 35.6 Å². The Bertz CT molecular complexity index is 930. The molecule has 2 aromatic carbocycles. The molecule has 2 rings (SSSR count). The summed E-state index contributed by atoms with van der Waals surface area (Å²) in [5, 5.41) is 9.92. The van der Waals surface area contributed by atoms with E-state index >= 15 is 0 Å². The van der Waals surface area contributed by atoms with Crippen LogP contribution in [0.4, 0.5) is 4.39 Å². The third kappa shape index (κ3) is 6.70. The smallest absolute Gasteiger partial charge is 0.340 e. The second-order valence-electron chi connectivity index (χ2n) is 5.93. The molecule has 0 amide bonds. The molecule has 0 fully saturated rings. The van der Waals surface area contributed by atoms with E-state index in [-0.39, 0.29) is 27.8 Å². The van der Waals surface area contributed by atoms with E-state index in [4.69, 9.17) is 55.9 Å². The SMILES string of the molecule is O=C(OC[C@H](Br)[C@@H](OC(=O)c1ccc(Cl)cc1Cl)[C@@H](F)CO)c1ccc(Cl)cc1Cl. The molecule has 0 bridgehead atoms. The number of alkyl halides is 2. The van der Waals surface area contributed by atoms with Gasteiger partial charge in [0, 0.05) is 10.0 Å². The van der Waals surface area contributed by atoms with Crippen LogP contribution < -0.4 is 0 Å². The fourth-order valence-electron chi connectivity index (χ4n) is 2.30. The number of benzene rings is 2. The molecule has 0 heterocycles. The van der Waals surface area contributed by atoms with Crippen LogP contribution in [0.1, 0.15) is 20.7 Å². The molecule has 0 spiro atoms. The number of hydrogen-bond donors (Lipinski definition) is 1. The lowest BCUT2D eigenvalue weighted by Crippen LogP contribution is -2.40. The fraction of sp³-hybridized carbons (Fsp3) is 0.263. The van der Waals surface area contributed by atoms with Crippen molar-refractivity contribution in [1.29, 1.82) is 0 Å². The van der Waals surface area contributed by atoms with Gasteiger partial charge in [-0.25, -0.2) is 14.0 Å². The van der Waals surface area contributed by atoms with E-state index in [1.165, 1.54) is 36.4 Å². The van der Waals surface area contributed by atoms with Crippen molar-refractivity contribution < 1.29 is 28.6 Å². The molecule has 0 unspecified atom stereocenters. The largest absolute Gasteiger partial charge is 0.461 e. The van der Waals surface area contributed by atoms with Gasteiger partial charge in [-0.2, -0.15) is 0 Å². The van der Waals surface area contributed by atoms with Crippen molar-refractivity contribution in [2.75, 3.05) is 13.2 Å². The lowest BCUT2D eigenvalue weighted by molar-refractivity contribution is -0.0137. The summed E-state index contributed by atoms with van der Waals surface area (Å²) in [6.07, 6.45) is -3.44. The Balaban J connectivity index is 2.08. The summed E-state index contributed by atoms with van der Waals surface area (Å²) in [6, 6.07) is 8.27. The molecule has 3 atom stereocenters. The molecule has 0 aliphatic heterocycles. The van der Waals surface area contributed by atoms with Crippen molar-refractivity contribution in [3.63, 3.8) is 0 Å². The van der Waals surface area contributed by atoms with Gasteiger partial charge in [0.1, 0.15) is 6.61 Å². The molecule has 11 heteroatoms. The second kappa shape index (κ2) is 11.5. The summed E-state index contributed by atoms with van der Waals surface area (Å²) >= 11 is 26.6. The van der Waals surface area contributed by atoms with Gasteiger partial charge in [0.2, 0.25) is 0 Å². The first kappa shape index (κ1) is 25.2. The predicted octanol–water partition coefficient (Wildman–Crippen LogP) is 5.78. The number of aliphatic hydroxyl groups excluding tert-OH is 1. The van der Waals surface area contributed by atoms with Gasteiger partial charge in [-0.1, -0.05) is 62.3 Å². The van der Waals surface area contributed by atoms with Crippen LogP contribution in [0, 0.1) is 0 Å². The summed E-state index contributed by atoms with van der Waals surface area (Å²) in [7, 11) is 0. The normalized spacial score (nSPS) is 14.0. The van der Waals surface area contributed by atoms with Crippen molar-refractivity contribution in [1.82, 2.24) is 0 Å². The van der Waals surface area contributed by atoms with Gasteiger partial charge < -0.3 is 14.6 Å². The summed E-state index contributed by atoms with van der Waals surface area (Å²) in [5.74, 6) is -1.72. The Morgan fingerprint density at radius 1 is 0.967 bits per heavy atom. The highest BCUT2D eigenvalue weighted by Gasteiger charge is 2.33. The molecular weight excluding hydrogens is 549 g/mol. The first-order chi connectivity index (χ1) is 14.1. The van der Waals surface area contributed by atoms with E-state index in [0.717, 1.165) is 0 Å². The summed E-state index contributed by atoms with van der Waals surface area (Å²) < 4.78 is 24.5. The van der Waals surface area contributed by atoms with Gasteiger partial charge in [0.15, 0.2) is 12.3 Å². The molecule has 0 saturated carbocycles. The average Bonchev–Trinajstić information content (AvgIpc) is 2.69. The van der Waals surface area contributed by atoms with Crippen molar-refractivity contribution in [2.45, 2.75) is 17.1 Å². The van der Waals surface area contributed by atoms with Crippen LogP contribution in [0.3, 0.4) is 0 Å². The first-order valence-corrected chi connectivity index (χ1v) is 10.7. The first-order valence-electron chi connectivity index (χ1n) is 8.31. The Hall–Kier alpha value is -1.09.